The molecule has 1 saturated heterocycles. The normalized spacial score (nSPS) is 25.6. The number of hydrogen-bond acceptors (Lipinski definition) is 3. The highest BCUT2D eigenvalue weighted by atomic mass is 16.5. The van der Waals surface area contributed by atoms with Gasteiger partial charge >= 0.3 is 0 Å². The Morgan fingerprint density at radius 1 is 1.50 bits per heavy atom. The highest BCUT2D eigenvalue weighted by Crippen LogP contribution is 2.25. The molecule has 3 nitrogen and oxygen atoms in total. The van der Waals surface area contributed by atoms with Crippen LogP contribution in [0.3, 0.4) is 0 Å². The zero-order chi connectivity index (χ0) is 11.4. The second-order valence-electron chi connectivity index (χ2n) is 4.36. The Labute approximate surface area is 96.8 Å². The van der Waals surface area contributed by atoms with Crippen molar-refractivity contribution in [3.05, 3.63) is 35.4 Å². The second kappa shape index (κ2) is 4.95. The predicted octanol–water partition coefficient (Wildman–Crippen LogP) is 1.46. The van der Waals surface area contributed by atoms with Gasteiger partial charge in [0.25, 0.3) is 0 Å². The molecular weight excluding hydrogens is 202 g/mol. The van der Waals surface area contributed by atoms with Crippen LogP contribution >= 0.6 is 0 Å². The topological polar surface area (TPSA) is 30.5 Å². The van der Waals surface area contributed by atoms with Gasteiger partial charge in [0.05, 0.1) is 25.4 Å². The summed E-state index contributed by atoms with van der Waals surface area (Å²) in [7, 11) is 1.73. The molecule has 1 N–H and O–H groups in total. The van der Waals surface area contributed by atoms with Crippen molar-refractivity contribution in [2.45, 2.75) is 12.5 Å². The van der Waals surface area contributed by atoms with Crippen LogP contribution in [-0.2, 0) is 15.0 Å². The van der Waals surface area contributed by atoms with Gasteiger partial charge in [0, 0.05) is 13.7 Å². The minimum absolute atomic E-state index is 0.182. The molecule has 1 aromatic carbocycles. The van der Waals surface area contributed by atoms with Gasteiger partial charge in [-0.15, -0.1) is 0 Å². The first-order valence-electron chi connectivity index (χ1n) is 5.66. The Bertz CT molecular complexity index is 340. The standard InChI is InChI=1S/C13H19NO2/c1-11-4-3-5-12(8-11)13(9-15-2)10-16-7-6-14-13/h3-5,8,14H,6-7,9-10H2,1-2H3. The quantitative estimate of drug-likeness (QED) is 0.838. The number of aryl methyl sites for hydroxylation is 1. The lowest BCUT2D eigenvalue weighted by Gasteiger charge is -2.38. The maximum absolute atomic E-state index is 5.59. The lowest BCUT2D eigenvalue weighted by Crippen LogP contribution is -2.54. The molecule has 1 aliphatic rings. The molecule has 0 radical (unpaired) electrons. The first-order valence-corrected chi connectivity index (χ1v) is 5.66. The van der Waals surface area contributed by atoms with E-state index in [4.69, 9.17) is 9.47 Å². The van der Waals surface area contributed by atoms with Crippen molar-refractivity contribution in [1.82, 2.24) is 5.32 Å². The summed E-state index contributed by atoms with van der Waals surface area (Å²) in [6, 6.07) is 8.51. The lowest BCUT2D eigenvalue weighted by molar-refractivity contribution is -0.0147. The van der Waals surface area contributed by atoms with Crippen LogP contribution in [-0.4, -0.2) is 33.5 Å². The molecule has 1 fully saturated rings. The molecule has 0 bridgehead atoms. The van der Waals surface area contributed by atoms with Crippen molar-refractivity contribution in [3.8, 4) is 0 Å². The van der Waals surface area contributed by atoms with Gasteiger partial charge in [-0.2, -0.15) is 0 Å². The summed E-state index contributed by atoms with van der Waals surface area (Å²) in [5.41, 5.74) is 2.33. The number of nitrogens with one attached hydrogen (secondary N) is 1. The first kappa shape index (κ1) is 11.6. The summed E-state index contributed by atoms with van der Waals surface area (Å²) in [6.07, 6.45) is 0. The Hall–Kier alpha value is -0.900. The molecule has 16 heavy (non-hydrogen) atoms. The van der Waals surface area contributed by atoms with Crippen molar-refractivity contribution in [2.24, 2.45) is 0 Å². The molecule has 2 rings (SSSR count). The van der Waals surface area contributed by atoms with Gasteiger partial charge in [-0.3, -0.25) is 0 Å². The van der Waals surface area contributed by atoms with Crippen LogP contribution in [0.5, 0.6) is 0 Å². The highest BCUT2D eigenvalue weighted by Gasteiger charge is 2.34. The zero-order valence-electron chi connectivity index (χ0n) is 9.95. The monoisotopic (exact) mass is 221 g/mol. The summed E-state index contributed by atoms with van der Waals surface area (Å²) >= 11 is 0. The zero-order valence-corrected chi connectivity index (χ0v) is 9.95. The van der Waals surface area contributed by atoms with Crippen molar-refractivity contribution in [3.63, 3.8) is 0 Å². The second-order valence-corrected chi connectivity index (χ2v) is 4.36. The first-order chi connectivity index (χ1) is 7.77. The molecule has 1 unspecified atom stereocenters. The molecule has 1 aliphatic heterocycles. The van der Waals surface area contributed by atoms with Crippen LogP contribution in [0.25, 0.3) is 0 Å². The Morgan fingerprint density at radius 3 is 3.00 bits per heavy atom. The molecule has 1 heterocycles. The summed E-state index contributed by atoms with van der Waals surface area (Å²) in [5, 5.41) is 3.53. The van der Waals surface area contributed by atoms with Crippen molar-refractivity contribution in [2.75, 3.05) is 33.5 Å². The van der Waals surface area contributed by atoms with Crippen LogP contribution in [0.2, 0.25) is 0 Å². The molecule has 1 atom stereocenters. The van der Waals surface area contributed by atoms with Crippen molar-refractivity contribution < 1.29 is 9.47 Å². The van der Waals surface area contributed by atoms with Crippen LogP contribution < -0.4 is 5.32 Å². The number of methoxy groups -OCH3 is 1. The molecule has 0 amide bonds. The van der Waals surface area contributed by atoms with Gasteiger partial charge in [-0.25, -0.2) is 0 Å². The number of ether oxygens (including phenoxy) is 2. The van der Waals surface area contributed by atoms with E-state index in [0.717, 1.165) is 13.2 Å². The molecule has 0 spiro atoms. The number of hydrogen-bond donors (Lipinski definition) is 1. The van der Waals surface area contributed by atoms with Crippen molar-refractivity contribution >= 4 is 0 Å². The van der Waals surface area contributed by atoms with Gasteiger partial charge in [0.2, 0.25) is 0 Å². The third kappa shape index (κ3) is 2.26. The minimum atomic E-state index is -0.182. The maximum Gasteiger partial charge on any atom is 0.0909 e. The van der Waals surface area contributed by atoms with E-state index in [2.05, 4.69) is 36.5 Å². The third-order valence-corrected chi connectivity index (χ3v) is 3.02. The number of rotatable bonds is 3. The van der Waals surface area contributed by atoms with Gasteiger partial charge in [-0.1, -0.05) is 29.8 Å². The maximum atomic E-state index is 5.59. The van der Waals surface area contributed by atoms with E-state index < -0.39 is 0 Å². The predicted molar refractivity (Wildman–Crippen MR) is 63.6 cm³/mol. The van der Waals surface area contributed by atoms with E-state index in [1.54, 1.807) is 7.11 Å². The van der Waals surface area contributed by atoms with Gasteiger partial charge in [-0.05, 0) is 12.5 Å². The summed E-state index contributed by atoms with van der Waals surface area (Å²) in [5.74, 6) is 0. The van der Waals surface area contributed by atoms with Crippen molar-refractivity contribution in [1.29, 1.82) is 0 Å². The smallest absolute Gasteiger partial charge is 0.0909 e. The molecular formula is C13H19NO2. The SMILES string of the molecule is COCC1(c2cccc(C)c2)COCCN1. The van der Waals surface area contributed by atoms with Crippen LogP contribution in [0.4, 0.5) is 0 Å². The van der Waals surface area contributed by atoms with E-state index in [9.17, 15) is 0 Å². The van der Waals surface area contributed by atoms with E-state index >= 15 is 0 Å². The molecule has 0 aliphatic carbocycles. The van der Waals surface area contributed by atoms with E-state index in [1.165, 1.54) is 11.1 Å². The average molecular weight is 221 g/mol. The van der Waals surface area contributed by atoms with Gasteiger partial charge < -0.3 is 14.8 Å². The number of morpholine rings is 1. The molecule has 0 saturated carbocycles. The fourth-order valence-electron chi connectivity index (χ4n) is 2.21. The summed E-state index contributed by atoms with van der Waals surface area (Å²) in [4.78, 5) is 0. The summed E-state index contributed by atoms with van der Waals surface area (Å²) < 4.78 is 10.9. The van der Waals surface area contributed by atoms with Gasteiger partial charge in [0.15, 0.2) is 0 Å². The van der Waals surface area contributed by atoms with E-state index in [1.807, 2.05) is 0 Å². The van der Waals surface area contributed by atoms with Crippen LogP contribution in [0.15, 0.2) is 24.3 Å². The Morgan fingerprint density at radius 2 is 2.38 bits per heavy atom. The van der Waals surface area contributed by atoms with Crippen LogP contribution in [0, 0.1) is 6.92 Å². The van der Waals surface area contributed by atoms with E-state index in [0.29, 0.717) is 13.2 Å². The van der Waals surface area contributed by atoms with Gasteiger partial charge in [0.1, 0.15) is 0 Å². The number of benzene rings is 1. The fraction of sp³-hybridized carbons (Fsp3) is 0.538. The largest absolute Gasteiger partial charge is 0.382 e. The lowest BCUT2D eigenvalue weighted by atomic mass is 9.89. The van der Waals surface area contributed by atoms with Crippen LogP contribution in [0.1, 0.15) is 11.1 Å². The molecule has 3 heteroatoms. The minimum Gasteiger partial charge on any atom is -0.382 e. The fourth-order valence-corrected chi connectivity index (χ4v) is 2.21. The average Bonchev–Trinajstić information content (AvgIpc) is 2.31. The third-order valence-electron chi connectivity index (χ3n) is 3.02. The van der Waals surface area contributed by atoms with E-state index in [-0.39, 0.29) is 5.54 Å². The Balaban J connectivity index is 2.30. The molecule has 88 valence electrons. The highest BCUT2D eigenvalue weighted by molar-refractivity contribution is 5.30. The molecule has 1 aromatic rings. The molecule has 0 aromatic heterocycles. The summed E-state index contributed by atoms with van der Waals surface area (Å²) in [6.45, 7) is 5.06. The Kier molecular flexibility index (Phi) is 3.59.